The van der Waals surface area contributed by atoms with Gasteiger partial charge in [0.2, 0.25) is 5.91 Å². The molecule has 1 N–H and O–H groups in total. The van der Waals surface area contributed by atoms with E-state index in [1.54, 1.807) is 32.4 Å². The number of benzene rings is 2. The highest BCUT2D eigenvalue weighted by Gasteiger charge is 2.19. The first-order chi connectivity index (χ1) is 16.6. The quantitative estimate of drug-likeness (QED) is 0.462. The number of carbonyl (C=O) groups is 1. The van der Waals surface area contributed by atoms with E-state index < -0.39 is 0 Å². The van der Waals surface area contributed by atoms with Crippen LogP contribution in [0.2, 0.25) is 5.02 Å². The van der Waals surface area contributed by atoms with Crippen molar-refractivity contribution in [1.29, 1.82) is 0 Å². The fraction of sp³-hybridized carbons (Fsp3) is 0.292. The van der Waals surface area contributed by atoms with Gasteiger partial charge < -0.3 is 24.6 Å². The third-order valence-corrected chi connectivity index (χ3v) is 6.58. The minimum atomic E-state index is -0.139. The average Bonchev–Trinajstić information content (AvgIpc) is 2.88. The van der Waals surface area contributed by atoms with E-state index in [4.69, 9.17) is 21.1 Å². The molecule has 1 amide bonds. The lowest BCUT2D eigenvalue weighted by atomic mass is 10.2. The summed E-state index contributed by atoms with van der Waals surface area (Å²) in [5.74, 6) is 2.09. The molecule has 0 radical (unpaired) electrons. The minimum absolute atomic E-state index is 0.139. The highest BCUT2D eigenvalue weighted by atomic mass is 35.5. The molecule has 178 valence electrons. The molecule has 0 saturated carbocycles. The van der Waals surface area contributed by atoms with Crippen LogP contribution in [0.15, 0.2) is 59.6 Å². The van der Waals surface area contributed by atoms with E-state index in [0.717, 1.165) is 42.7 Å². The number of anilines is 3. The number of aromatic nitrogens is 2. The number of nitrogens with zero attached hydrogens (tertiary/aromatic N) is 4. The van der Waals surface area contributed by atoms with Gasteiger partial charge in [-0.05, 0) is 42.5 Å². The normalized spacial score (nSPS) is 13.5. The predicted octanol–water partition coefficient (Wildman–Crippen LogP) is 4.20. The van der Waals surface area contributed by atoms with Crippen LogP contribution in [-0.2, 0) is 4.79 Å². The maximum atomic E-state index is 12.3. The molecule has 0 aliphatic carbocycles. The molecule has 1 aromatic heterocycles. The van der Waals surface area contributed by atoms with Crippen LogP contribution in [0.3, 0.4) is 0 Å². The van der Waals surface area contributed by atoms with Crippen LogP contribution in [-0.4, -0.2) is 62.3 Å². The fourth-order valence-electron chi connectivity index (χ4n) is 3.68. The van der Waals surface area contributed by atoms with Crippen molar-refractivity contribution in [2.45, 2.75) is 5.03 Å². The Bertz CT molecular complexity index is 1120. The van der Waals surface area contributed by atoms with Gasteiger partial charge in [-0.1, -0.05) is 29.4 Å². The fourth-order valence-corrected chi connectivity index (χ4v) is 4.47. The second-order valence-electron chi connectivity index (χ2n) is 7.59. The zero-order valence-electron chi connectivity index (χ0n) is 19.0. The van der Waals surface area contributed by atoms with Crippen molar-refractivity contribution < 1.29 is 14.3 Å². The lowest BCUT2D eigenvalue weighted by molar-refractivity contribution is -0.113. The number of thioether (sulfide) groups is 1. The number of hydrogen-bond donors (Lipinski definition) is 1. The van der Waals surface area contributed by atoms with Gasteiger partial charge in [0.15, 0.2) is 17.3 Å². The first-order valence-corrected chi connectivity index (χ1v) is 12.2. The van der Waals surface area contributed by atoms with Gasteiger partial charge >= 0.3 is 0 Å². The largest absolute Gasteiger partial charge is 0.493 e. The topological polar surface area (TPSA) is 79.8 Å². The molecule has 0 atom stereocenters. The molecule has 8 nitrogen and oxygen atoms in total. The van der Waals surface area contributed by atoms with Crippen molar-refractivity contribution in [2.24, 2.45) is 0 Å². The maximum absolute atomic E-state index is 12.3. The molecule has 1 aliphatic rings. The predicted molar refractivity (Wildman–Crippen MR) is 137 cm³/mol. The molecule has 0 bridgehead atoms. The monoisotopic (exact) mass is 499 g/mol. The van der Waals surface area contributed by atoms with E-state index in [1.165, 1.54) is 11.8 Å². The van der Waals surface area contributed by atoms with E-state index in [9.17, 15) is 4.79 Å². The number of rotatable bonds is 8. The van der Waals surface area contributed by atoms with Crippen LogP contribution in [0.1, 0.15) is 0 Å². The van der Waals surface area contributed by atoms with Crippen molar-refractivity contribution >= 4 is 46.5 Å². The lowest BCUT2D eigenvalue weighted by Crippen LogP contribution is -2.46. The third-order valence-electron chi connectivity index (χ3n) is 5.42. The minimum Gasteiger partial charge on any atom is -0.493 e. The summed E-state index contributed by atoms with van der Waals surface area (Å²) < 4.78 is 10.5. The number of methoxy groups -OCH3 is 2. The van der Waals surface area contributed by atoms with Gasteiger partial charge in [0.25, 0.3) is 0 Å². The van der Waals surface area contributed by atoms with Crippen molar-refractivity contribution in [3.05, 3.63) is 59.6 Å². The Balaban J connectivity index is 1.26. The SMILES string of the molecule is COc1ccc(NC(=O)CSc2ccc(N3CCN(c4cccc(Cl)c4)CC3)nn2)cc1OC. The molecule has 1 aliphatic heterocycles. The molecule has 34 heavy (non-hydrogen) atoms. The standard InChI is InChI=1S/C24H26ClN5O3S/c1-32-20-7-6-18(15-21(20)33-2)26-23(31)16-34-24-9-8-22(27-28-24)30-12-10-29(11-13-30)19-5-3-4-17(25)14-19/h3-9,14-15H,10-13,16H2,1-2H3,(H,26,31). The zero-order valence-corrected chi connectivity index (χ0v) is 20.6. The van der Waals surface area contributed by atoms with Gasteiger partial charge in [0.05, 0.1) is 20.0 Å². The van der Waals surface area contributed by atoms with Crippen LogP contribution in [0.4, 0.5) is 17.2 Å². The van der Waals surface area contributed by atoms with Crippen molar-refractivity contribution in [3.8, 4) is 11.5 Å². The van der Waals surface area contributed by atoms with Crippen molar-refractivity contribution in [3.63, 3.8) is 0 Å². The van der Waals surface area contributed by atoms with Gasteiger partial charge in [-0.3, -0.25) is 4.79 Å². The van der Waals surface area contributed by atoms with Crippen LogP contribution in [0.5, 0.6) is 11.5 Å². The van der Waals surface area contributed by atoms with Crippen LogP contribution < -0.4 is 24.6 Å². The molecule has 0 spiro atoms. The number of amides is 1. The number of hydrogen-bond acceptors (Lipinski definition) is 8. The van der Waals surface area contributed by atoms with Crippen molar-refractivity contribution in [1.82, 2.24) is 10.2 Å². The number of piperazine rings is 1. The number of halogens is 1. The average molecular weight is 500 g/mol. The molecule has 10 heteroatoms. The third kappa shape index (κ3) is 6.03. The van der Waals surface area contributed by atoms with Crippen LogP contribution in [0, 0.1) is 0 Å². The van der Waals surface area contributed by atoms with E-state index in [-0.39, 0.29) is 11.7 Å². The molecule has 4 rings (SSSR count). The Morgan fingerprint density at radius 3 is 2.41 bits per heavy atom. The van der Waals surface area contributed by atoms with E-state index in [1.807, 2.05) is 30.3 Å². The summed E-state index contributed by atoms with van der Waals surface area (Å²) in [6.45, 7) is 3.46. The second kappa shape index (κ2) is 11.3. The Hall–Kier alpha value is -3.17. The Labute approximate surface area is 208 Å². The van der Waals surface area contributed by atoms with E-state index in [2.05, 4.69) is 31.4 Å². The first-order valence-electron chi connectivity index (χ1n) is 10.8. The summed E-state index contributed by atoms with van der Waals surface area (Å²) in [5, 5.41) is 13.0. The van der Waals surface area contributed by atoms with Gasteiger partial charge in [0, 0.05) is 48.6 Å². The van der Waals surface area contributed by atoms with Crippen LogP contribution in [0.25, 0.3) is 0 Å². The number of nitrogens with one attached hydrogen (secondary N) is 1. The first kappa shape index (κ1) is 24.0. The van der Waals surface area contributed by atoms with E-state index in [0.29, 0.717) is 22.2 Å². The van der Waals surface area contributed by atoms with E-state index >= 15 is 0 Å². The molecule has 3 aromatic rings. The Kier molecular flexibility index (Phi) is 7.97. The summed E-state index contributed by atoms with van der Waals surface area (Å²) in [4.78, 5) is 16.9. The Morgan fingerprint density at radius 2 is 1.74 bits per heavy atom. The molecule has 1 saturated heterocycles. The van der Waals surface area contributed by atoms with Gasteiger partial charge in [-0.25, -0.2) is 0 Å². The molecule has 1 fully saturated rings. The smallest absolute Gasteiger partial charge is 0.234 e. The molecular formula is C24H26ClN5O3S. The molecule has 2 aromatic carbocycles. The lowest BCUT2D eigenvalue weighted by Gasteiger charge is -2.36. The summed E-state index contributed by atoms with van der Waals surface area (Å²) in [6.07, 6.45) is 0. The van der Waals surface area contributed by atoms with Gasteiger partial charge in [-0.15, -0.1) is 10.2 Å². The summed E-state index contributed by atoms with van der Waals surface area (Å²) >= 11 is 7.46. The summed E-state index contributed by atoms with van der Waals surface area (Å²) in [6, 6.07) is 17.0. The van der Waals surface area contributed by atoms with Gasteiger partial charge in [0.1, 0.15) is 5.03 Å². The molecule has 2 heterocycles. The zero-order chi connectivity index (χ0) is 23.9. The van der Waals surface area contributed by atoms with Crippen molar-refractivity contribution in [2.75, 3.05) is 61.3 Å². The number of carbonyl (C=O) groups excluding carboxylic acids is 1. The highest BCUT2D eigenvalue weighted by Crippen LogP contribution is 2.30. The maximum Gasteiger partial charge on any atom is 0.234 e. The highest BCUT2D eigenvalue weighted by molar-refractivity contribution is 7.99. The Morgan fingerprint density at radius 1 is 0.971 bits per heavy atom. The number of ether oxygens (including phenoxy) is 2. The second-order valence-corrected chi connectivity index (χ2v) is 9.02. The summed E-state index contributed by atoms with van der Waals surface area (Å²) in [5.41, 5.74) is 1.78. The molecule has 0 unspecified atom stereocenters. The van der Waals surface area contributed by atoms with Crippen LogP contribution >= 0.6 is 23.4 Å². The van der Waals surface area contributed by atoms with Gasteiger partial charge in [-0.2, -0.15) is 0 Å². The molecular weight excluding hydrogens is 474 g/mol. The summed E-state index contributed by atoms with van der Waals surface area (Å²) in [7, 11) is 3.13.